The molecule has 0 bridgehead atoms. The SMILES string of the molecule is COc1ccc(-c2cnc(Nc3ccc(CCNC4CCCCC4)cc3)nc2)cc1. The molecule has 0 amide bonds. The van der Waals surface area contributed by atoms with Crippen LogP contribution in [0.2, 0.25) is 0 Å². The quantitative estimate of drug-likeness (QED) is 0.531. The van der Waals surface area contributed by atoms with Crippen LogP contribution in [-0.2, 0) is 6.42 Å². The summed E-state index contributed by atoms with van der Waals surface area (Å²) in [6, 6.07) is 17.2. The van der Waals surface area contributed by atoms with Crippen LogP contribution in [0.5, 0.6) is 5.75 Å². The zero-order valence-electron chi connectivity index (χ0n) is 17.6. The van der Waals surface area contributed by atoms with Gasteiger partial charge in [0.2, 0.25) is 5.95 Å². The minimum Gasteiger partial charge on any atom is -0.497 e. The van der Waals surface area contributed by atoms with Gasteiger partial charge in [-0.3, -0.25) is 0 Å². The molecule has 1 aromatic heterocycles. The number of methoxy groups -OCH3 is 1. The predicted octanol–water partition coefficient (Wildman–Crippen LogP) is 5.36. The van der Waals surface area contributed by atoms with Gasteiger partial charge < -0.3 is 15.4 Å². The Morgan fingerprint density at radius 1 is 0.867 bits per heavy atom. The van der Waals surface area contributed by atoms with E-state index >= 15 is 0 Å². The molecular formula is C25H30N4O. The monoisotopic (exact) mass is 402 g/mol. The maximum absolute atomic E-state index is 5.20. The van der Waals surface area contributed by atoms with E-state index in [1.54, 1.807) is 7.11 Å². The Balaban J connectivity index is 1.28. The summed E-state index contributed by atoms with van der Waals surface area (Å²) in [7, 11) is 1.67. The van der Waals surface area contributed by atoms with Crippen molar-refractivity contribution in [2.24, 2.45) is 0 Å². The highest BCUT2D eigenvalue weighted by Gasteiger charge is 2.11. The molecule has 2 aromatic carbocycles. The average Bonchev–Trinajstić information content (AvgIpc) is 2.81. The van der Waals surface area contributed by atoms with E-state index in [1.165, 1.54) is 37.7 Å². The predicted molar refractivity (Wildman–Crippen MR) is 122 cm³/mol. The van der Waals surface area contributed by atoms with Gasteiger partial charge in [0.15, 0.2) is 0 Å². The third kappa shape index (κ3) is 5.57. The lowest BCUT2D eigenvalue weighted by Gasteiger charge is -2.22. The van der Waals surface area contributed by atoms with Gasteiger partial charge in [0.1, 0.15) is 5.75 Å². The van der Waals surface area contributed by atoms with Crippen LogP contribution in [0.1, 0.15) is 37.7 Å². The second-order valence-electron chi connectivity index (χ2n) is 7.88. The lowest BCUT2D eigenvalue weighted by Crippen LogP contribution is -2.32. The van der Waals surface area contributed by atoms with Crippen LogP contribution < -0.4 is 15.4 Å². The molecule has 0 saturated heterocycles. The largest absolute Gasteiger partial charge is 0.497 e. The zero-order chi connectivity index (χ0) is 20.6. The Hall–Kier alpha value is -2.92. The molecule has 0 aliphatic heterocycles. The van der Waals surface area contributed by atoms with E-state index in [0.717, 1.165) is 41.6 Å². The van der Waals surface area contributed by atoms with Gasteiger partial charge in [-0.2, -0.15) is 0 Å². The second kappa shape index (κ2) is 10.2. The van der Waals surface area contributed by atoms with Crippen LogP contribution in [-0.4, -0.2) is 29.7 Å². The minimum absolute atomic E-state index is 0.596. The van der Waals surface area contributed by atoms with Gasteiger partial charge in [-0.25, -0.2) is 9.97 Å². The first-order valence-corrected chi connectivity index (χ1v) is 10.9. The Labute approximate surface area is 178 Å². The molecule has 30 heavy (non-hydrogen) atoms. The van der Waals surface area contributed by atoms with Crippen molar-refractivity contribution >= 4 is 11.6 Å². The maximum atomic E-state index is 5.20. The smallest absolute Gasteiger partial charge is 0.227 e. The molecule has 5 heteroatoms. The molecular weight excluding hydrogens is 372 g/mol. The Bertz CT molecular complexity index is 901. The molecule has 3 aromatic rings. The topological polar surface area (TPSA) is 59.1 Å². The molecule has 0 atom stereocenters. The Kier molecular flexibility index (Phi) is 6.93. The molecule has 1 heterocycles. The van der Waals surface area contributed by atoms with Crippen molar-refractivity contribution in [2.75, 3.05) is 19.0 Å². The van der Waals surface area contributed by atoms with Gasteiger partial charge in [0, 0.05) is 29.7 Å². The number of hydrogen-bond acceptors (Lipinski definition) is 5. The van der Waals surface area contributed by atoms with Crippen LogP contribution in [0.4, 0.5) is 11.6 Å². The van der Waals surface area contributed by atoms with Crippen molar-refractivity contribution in [2.45, 2.75) is 44.6 Å². The summed E-state index contributed by atoms with van der Waals surface area (Å²) in [6.45, 7) is 1.05. The number of benzene rings is 2. The van der Waals surface area contributed by atoms with Crippen molar-refractivity contribution in [1.29, 1.82) is 0 Å². The van der Waals surface area contributed by atoms with Crippen molar-refractivity contribution in [3.8, 4) is 16.9 Å². The third-order valence-corrected chi connectivity index (χ3v) is 5.74. The van der Waals surface area contributed by atoms with E-state index in [-0.39, 0.29) is 0 Å². The lowest BCUT2D eigenvalue weighted by molar-refractivity contribution is 0.375. The van der Waals surface area contributed by atoms with E-state index in [4.69, 9.17) is 4.74 Å². The van der Waals surface area contributed by atoms with E-state index in [9.17, 15) is 0 Å². The van der Waals surface area contributed by atoms with Gasteiger partial charge in [0.25, 0.3) is 0 Å². The molecule has 0 spiro atoms. The Morgan fingerprint density at radius 2 is 1.57 bits per heavy atom. The normalized spacial score (nSPS) is 14.4. The van der Waals surface area contributed by atoms with E-state index in [0.29, 0.717) is 5.95 Å². The number of nitrogens with zero attached hydrogens (tertiary/aromatic N) is 2. The summed E-state index contributed by atoms with van der Waals surface area (Å²) in [5.41, 5.74) is 4.38. The fourth-order valence-corrected chi connectivity index (χ4v) is 3.94. The number of hydrogen-bond donors (Lipinski definition) is 2. The van der Waals surface area contributed by atoms with Gasteiger partial charge in [-0.1, -0.05) is 43.5 Å². The van der Waals surface area contributed by atoms with Gasteiger partial charge >= 0.3 is 0 Å². The number of nitrogens with one attached hydrogen (secondary N) is 2. The summed E-state index contributed by atoms with van der Waals surface area (Å²) in [4.78, 5) is 8.91. The number of anilines is 2. The zero-order valence-corrected chi connectivity index (χ0v) is 17.6. The summed E-state index contributed by atoms with van der Waals surface area (Å²) in [6.07, 6.45) is 11.6. The Morgan fingerprint density at radius 3 is 2.23 bits per heavy atom. The highest BCUT2D eigenvalue weighted by atomic mass is 16.5. The van der Waals surface area contributed by atoms with Crippen LogP contribution >= 0.6 is 0 Å². The van der Waals surface area contributed by atoms with Crippen LogP contribution in [0.15, 0.2) is 60.9 Å². The fraction of sp³-hybridized carbons (Fsp3) is 0.360. The van der Waals surface area contributed by atoms with Crippen LogP contribution in [0, 0.1) is 0 Å². The third-order valence-electron chi connectivity index (χ3n) is 5.74. The van der Waals surface area contributed by atoms with Crippen LogP contribution in [0.25, 0.3) is 11.1 Å². The average molecular weight is 403 g/mol. The van der Waals surface area contributed by atoms with Crippen LogP contribution in [0.3, 0.4) is 0 Å². The molecule has 1 saturated carbocycles. The van der Waals surface area contributed by atoms with E-state index in [2.05, 4.69) is 44.9 Å². The van der Waals surface area contributed by atoms with Crippen molar-refractivity contribution < 1.29 is 4.74 Å². The number of rotatable bonds is 8. The molecule has 0 radical (unpaired) electrons. The second-order valence-corrected chi connectivity index (χ2v) is 7.88. The fourth-order valence-electron chi connectivity index (χ4n) is 3.94. The van der Waals surface area contributed by atoms with Gasteiger partial charge in [-0.15, -0.1) is 0 Å². The first-order valence-electron chi connectivity index (χ1n) is 10.9. The standard InChI is InChI=1S/C25H30N4O/c1-30-24-13-9-20(10-14-24)21-17-27-25(28-18-21)29-23-11-7-19(8-12-23)15-16-26-22-5-3-2-4-6-22/h7-14,17-18,22,26H,2-6,15-16H2,1H3,(H,27,28,29). The van der Waals surface area contributed by atoms with E-state index < -0.39 is 0 Å². The van der Waals surface area contributed by atoms with Gasteiger partial charge in [-0.05, 0) is 61.2 Å². The molecule has 156 valence electrons. The lowest BCUT2D eigenvalue weighted by atomic mass is 9.95. The first kappa shape index (κ1) is 20.4. The molecule has 1 aliphatic carbocycles. The molecule has 2 N–H and O–H groups in total. The molecule has 1 aliphatic rings. The van der Waals surface area contributed by atoms with Crippen molar-refractivity contribution in [3.63, 3.8) is 0 Å². The van der Waals surface area contributed by atoms with Gasteiger partial charge in [0.05, 0.1) is 7.11 Å². The van der Waals surface area contributed by atoms with Crippen molar-refractivity contribution in [1.82, 2.24) is 15.3 Å². The maximum Gasteiger partial charge on any atom is 0.227 e. The molecule has 4 rings (SSSR count). The summed E-state index contributed by atoms with van der Waals surface area (Å²) in [5.74, 6) is 1.44. The molecule has 5 nitrogen and oxygen atoms in total. The highest BCUT2D eigenvalue weighted by molar-refractivity contribution is 5.63. The molecule has 0 unspecified atom stereocenters. The summed E-state index contributed by atoms with van der Waals surface area (Å²) >= 11 is 0. The van der Waals surface area contributed by atoms with E-state index in [1.807, 2.05) is 36.7 Å². The molecule has 1 fully saturated rings. The minimum atomic E-state index is 0.596. The summed E-state index contributed by atoms with van der Waals surface area (Å²) < 4.78 is 5.20. The number of ether oxygens (including phenoxy) is 1. The first-order chi connectivity index (χ1) is 14.8. The highest BCUT2D eigenvalue weighted by Crippen LogP contribution is 2.22. The summed E-state index contributed by atoms with van der Waals surface area (Å²) in [5, 5.41) is 6.99. The number of aromatic nitrogens is 2. The van der Waals surface area contributed by atoms with Crippen molar-refractivity contribution in [3.05, 3.63) is 66.5 Å².